The lowest BCUT2D eigenvalue weighted by molar-refractivity contribution is -0.123. The summed E-state index contributed by atoms with van der Waals surface area (Å²) < 4.78 is 32.0. The number of primary amides is 1. The normalized spacial score (nSPS) is 14.8. The van der Waals surface area contributed by atoms with Crippen LogP contribution in [0.2, 0.25) is 0 Å². The van der Waals surface area contributed by atoms with Crippen LogP contribution in [0, 0.1) is 0 Å². The molecule has 1 heterocycles. The molecule has 1 fully saturated rings. The Hall–Kier alpha value is -2.76. The van der Waals surface area contributed by atoms with Crippen LogP contribution in [0.3, 0.4) is 0 Å². The monoisotopic (exact) mass is 437 g/mol. The van der Waals surface area contributed by atoms with Crippen molar-refractivity contribution in [2.45, 2.75) is 36.8 Å². The smallest absolute Gasteiger partial charge is 0.338 e. The van der Waals surface area contributed by atoms with E-state index in [1.807, 2.05) is 0 Å². The quantitative estimate of drug-likeness (QED) is 0.533. The molecule has 4 N–H and O–H groups in total. The molecule has 0 unspecified atom stereocenters. The van der Waals surface area contributed by atoms with Gasteiger partial charge in [0.05, 0.1) is 16.0 Å². The molecule has 0 aliphatic heterocycles. The predicted molar refractivity (Wildman–Crippen MR) is 106 cm³/mol. The first kappa shape index (κ1) is 21.0. The zero-order chi connectivity index (χ0) is 21.2. The summed E-state index contributed by atoms with van der Waals surface area (Å²) in [5.74, 6) is -2.10. The third kappa shape index (κ3) is 5.19. The molecule has 2 amide bonds. The summed E-state index contributed by atoms with van der Waals surface area (Å²) >= 11 is 1.12. The number of thiophene rings is 1. The Kier molecular flexibility index (Phi) is 6.01. The van der Waals surface area contributed by atoms with Crippen molar-refractivity contribution in [1.29, 1.82) is 0 Å². The van der Waals surface area contributed by atoms with Crippen LogP contribution in [0.5, 0.6) is 0 Å². The molecule has 0 radical (unpaired) electrons. The number of anilines is 1. The molecule has 1 aromatic carbocycles. The molecule has 1 aromatic heterocycles. The number of amides is 2. The number of hydrogen-bond acceptors (Lipinski definition) is 7. The van der Waals surface area contributed by atoms with E-state index in [-0.39, 0.29) is 27.1 Å². The topological polar surface area (TPSA) is 145 Å². The third-order valence-corrected chi connectivity index (χ3v) is 6.49. The molecular weight excluding hydrogens is 418 g/mol. The predicted octanol–water partition coefficient (Wildman–Crippen LogP) is 1.47. The maximum absolute atomic E-state index is 12.2. The van der Waals surface area contributed by atoms with Crippen molar-refractivity contribution in [3.63, 3.8) is 0 Å². The molecule has 1 aliphatic rings. The van der Waals surface area contributed by atoms with Crippen molar-refractivity contribution < 1.29 is 27.5 Å². The lowest BCUT2D eigenvalue weighted by atomic mass is 10.2. The van der Waals surface area contributed by atoms with Crippen molar-refractivity contribution in [3.8, 4) is 0 Å². The molecule has 1 saturated carbocycles. The van der Waals surface area contributed by atoms with Gasteiger partial charge in [-0.1, -0.05) is 0 Å². The van der Waals surface area contributed by atoms with Crippen LogP contribution < -0.4 is 15.8 Å². The number of rotatable bonds is 8. The van der Waals surface area contributed by atoms with E-state index in [2.05, 4.69) is 10.0 Å². The number of sulfonamides is 1. The van der Waals surface area contributed by atoms with E-state index in [0.29, 0.717) is 0 Å². The summed E-state index contributed by atoms with van der Waals surface area (Å²) in [6.07, 6.45) is 0.483. The van der Waals surface area contributed by atoms with Gasteiger partial charge >= 0.3 is 5.97 Å². The van der Waals surface area contributed by atoms with Gasteiger partial charge in [0.1, 0.15) is 5.00 Å². The number of carbonyl (C=O) groups is 3. The average Bonchev–Trinajstić information content (AvgIpc) is 3.34. The number of nitrogens with one attached hydrogen (secondary N) is 2. The maximum atomic E-state index is 12.2. The van der Waals surface area contributed by atoms with Gasteiger partial charge in [-0.05, 0) is 55.5 Å². The van der Waals surface area contributed by atoms with Gasteiger partial charge < -0.3 is 15.8 Å². The Morgan fingerprint density at radius 1 is 1.17 bits per heavy atom. The van der Waals surface area contributed by atoms with E-state index < -0.39 is 33.9 Å². The van der Waals surface area contributed by atoms with E-state index >= 15 is 0 Å². The highest BCUT2D eigenvalue weighted by atomic mass is 32.2. The van der Waals surface area contributed by atoms with E-state index in [1.54, 1.807) is 5.38 Å². The SMILES string of the molecule is C[C@H](OC(=O)c1ccc(S(=O)(=O)NC2CC2)cc1)C(=O)Nc1sccc1C(N)=O. The average molecular weight is 437 g/mol. The molecule has 2 aromatic rings. The van der Waals surface area contributed by atoms with E-state index in [9.17, 15) is 22.8 Å². The molecule has 154 valence electrons. The van der Waals surface area contributed by atoms with Gasteiger partial charge in [0.25, 0.3) is 11.8 Å². The maximum Gasteiger partial charge on any atom is 0.338 e. The van der Waals surface area contributed by atoms with Gasteiger partial charge in [-0.15, -0.1) is 11.3 Å². The second-order valence-electron chi connectivity index (χ2n) is 6.48. The minimum atomic E-state index is -3.62. The van der Waals surface area contributed by atoms with Gasteiger partial charge in [0.2, 0.25) is 10.0 Å². The van der Waals surface area contributed by atoms with Crippen LogP contribution in [0.4, 0.5) is 5.00 Å². The number of hydrogen-bond donors (Lipinski definition) is 3. The molecule has 0 saturated heterocycles. The van der Waals surface area contributed by atoms with Crippen LogP contribution in [0.15, 0.2) is 40.6 Å². The van der Waals surface area contributed by atoms with Crippen molar-refractivity contribution in [2.24, 2.45) is 5.73 Å². The van der Waals surface area contributed by atoms with E-state index in [1.165, 1.54) is 37.3 Å². The molecular formula is C18H19N3O6S2. The minimum Gasteiger partial charge on any atom is -0.449 e. The fraction of sp³-hybridized carbons (Fsp3) is 0.278. The molecule has 0 spiro atoms. The number of esters is 1. The van der Waals surface area contributed by atoms with Gasteiger partial charge in [0, 0.05) is 6.04 Å². The second-order valence-corrected chi connectivity index (χ2v) is 9.11. The van der Waals surface area contributed by atoms with Crippen LogP contribution in [0.25, 0.3) is 0 Å². The Balaban J connectivity index is 1.61. The summed E-state index contributed by atoms with van der Waals surface area (Å²) in [5.41, 5.74) is 5.49. The largest absolute Gasteiger partial charge is 0.449 e. The lowest BCUT2D eigenvalue weighted by Gasteiger charge is -2.13. The highest BCUT2D eigenvalue weighted by Crippen LogP contribution is 2.24. The van der Waals surface area contributed by atoms with Crippen LogP contribution in [-0.2, 0) is 19.6 Å². The first-order valence-electron chi connectivity index (χ1n) is 8.69. The van der Waals surface area contributed by atoms with E-state index in [0.717, 1.165) is 24.2 Å². The third-order valence-electron chi connectivity index (χ3n) is 4.12. The van der Waals surface area contributed by atoms with Crippen LogP contribution in [-0.4, -0.2) is 38.3 Å². The number of benzene rings is 1. The number of nitrogens with two attached hydrogens (primary N) is 1. The van der Waals surface area contributed by atoms with Crippen molar-refractivity contribution in [1.82, 2.24) is 4.72 Å². The fourth-order valence-corrected chi connectivity index (χ4v) is 4.45. The highest BCUT2D eigenvalue weighted by molar-refractivity contribution is 7.89. The number of ether oxygens (including phenoxy) is 1. The Morgan fingerprint density at radius 3 is 2.41 bits per heavy atom. The standard InChI is InChI=1S/C18H19N3O6S2/c1-10(16(23)20-17-14(15(19)22)8-9-28-17)27-18(24)11-2-6-13(7-3-11)29(25,26)21-12-4-5-12/h2-3,6-10,12,21H,4-5H2,1H3,(H2,19,22)(H,20,23)/t10-/m0/s1. The first-order valence-corrected chi connectivity index (χ1v) is 11.0. The first-order chi connectivity index (χ1) is 13.7. The minimum absolute atomic E-state index is 0.0255. The van der Waals surface area contributed by atoms with Crippen molar-refractivity contribution >= 4 is 44.1 Å². The summed E-state index contributed by atoms with van der Waals surface area (Å²) in [4.78, 5) is 35.8. The molecule has 9 nitrogen and oxygen atoms in total. The van der Waals surface area contributed by atoms with Gasteiger partial charge in [0.15, 0.2) is 6.10 Å². The van der Waals surface area contributed by atoms with Gasteiger partial charge in [-0.25, -0.2) is 17.9 Å². The molecule has 29 heavy (non-hydrogen) atoms. The zero-order valence-electron chi connectivity index (χ0n) is 15.4. The molecule has 11 heteroatoms. The molecule has 1 atom stereocenters. The summed E-state index contributed by atoms with van der Waals surface area (Å²) in [6.45, 7) is 1.38. The summed E-state index contributed by atoms with van der Waals surface area (Å²) in [5, 5.41) is 4.36. The molecule has 1 aliphatic carbocycles. The van der Waals surface area contributed by atoms with Gasteiger partial charge in [-0.3, -0.25) is 9.59 Å². The Morgan fingerprint density at radius 2 is 1.83 bits per heavy atom. The highest BCUT2D eigenvalue weighted by Gasteiger charge is 2.28. The van der Waals surface area contributed by atoms with Crippen LogP contribution >= 0.6 is 11.3 Å². The van der Waals surface area contributed by atoms with Crippen molar-refractivity contribution in [3.05, 3.63) is 46.8 Å². The van der Waals surface area contributed by atoms with Crippen molar-refractivity contribution in [2.75, 3.05) is 5.32 Å². The molecule has 3 rings (SSSR count). The fourth-order valence-electron chi connectivity index (χ4n) is 2.35. The van der Waals surface area contributed by atoms with Crippen LogP contribution in [0.1, 0.15) is 40.5 Å². The van der Waals surface area contributed by atoms with Gasteiger partial charge in [-0.2, -0.15) is 0 Å². The van der Waals surface area contributed by atoms with E-state index in [4.69, 9.17) is 10.5 Å². The summed E-state index contributed by atoms with van der Waals surface area (Å²) in [7, 11) is -3.62. The lowest BCUT2D eigenvalue weighted by Crippen LogP contribution is -2.30. The Bertz CT molecular complexity index is 1040. The summed E-state index contributed by atoms with van der Waals surface area (Å²) in [6, 6.07) is 6.70. The molecule has 0 bridgehead atoms. The Labute approximate surface area is 171 Å². The number of carbonyl (C=O) groups excluding carboxylic acids is 3. The zero-order valence-corrected chi connectivity index (χ0v) is 17.0. The second kappa shape index (κ2) is 8.31.